The smallest absolute Gasteiger partial charge is 0.232 e. The Kier molecular flexibility index (Phi) is 4.69. The summed E-state index contributed by atoms with van der Waals surface area (Å²) in [6, 6.07) is 16.3. The molecule has 0 spiro atoms. The van der Waals surface area contributed by atoms with Crippen molar-refractivity contribution in [3.63, 3.8) is 0 Å². The van der Waals surface area contributed by atoms with Crippen molar-refractivity contribution >= 4 is 17.4 Å². The number of carbonyl (C=O) groups is 2. The molecule has 138 valence electrons. The molecule has 1 amide bonds. The van der Waals surface area contributed by atoms with Crippen LogP contribution in [0.2, 0.25) is 0 Å². The van der Waals surface area contributed by atoms with Crippen molar-refractivity contribution in [1.82, 2.24) is 0 Å². The first kappa shape index (κ1) is 17.7. The van der Waals surface area contributed by atoms with Crippen molar-refractivity contribution in [2.45, 2.75) is 51.9 Å². The van der Waals surface area contributed by atoms with E-state index in [1.807, 2.05) is 24.3 Å². The average Bonchev–Trinajstić information content (AvgIpc) is 2.68. The SMILES string of the molecule is CCc1ccc(N2C(=O)CC(c3ccccc3C)C3=C2CCCC3=O)cc1. The number of ketones is 1. The van der Waals surface area contributed by atoms with Crippen molar-refractivity contribution in [3.8, 4) is 0 Å². The van der Waals surface area contributed by atoms with Gasteiger partial charge in [0.05, 0.1) is 0 Å². The lowest BCUT2D eigenvalue weighted by atomic mass is 9.76. The number of allylic oxidation sites excluding steroid dienone is 2. The fraction of sp³-hybridized carbons (Fsp3) is 0.333. The second kappa shape index (κ2) is 7.15. The Hall–Kier alpha value is -2.68. The molecule has 2 aliphatic rings. The summed E-state index contributed by atoms with van der Waals surface area (Å²) in [6.07, 6.45) is 3.50. The Labute approximate surface area is 160 Å². The van der Waals surface area contributed by atoms with Gasteiger partial charge in [0.25, 0.3) is 0 Å². The highest BCUT2D eigenvalue weighted by molar-refractivity contribution is 6.07. The Morgan fingerprint density at radius 2 is 1.74 bits per heavy atom. The topological polar surface area (TPSA) is 37.4 Å². The molecule has 2 aromatic rings. The van der Waals surface area contributed by atoms with Gasteiger partial charge in [-0.3, -0.25) is 14.5 Å². The molecule has 1 aliphatic heterocycles. The lowest BCUT2D eigenvalue weighted by molar-refractivity contribution is -0.119. The van der Waals surface area contributed by atoms with Crippen LogP contribution in [0.4, 0.5) is 5.69 Å². The van der Waals surface area contributed by atoms with Gasteiger partial charge in [-0.25, -0.2) is 0 Å². The van der Waals surface area contributed by atoms with Crippen LogP contribution in [0.15, 0.2) is 59.8 Å². The van der Waals surface area contributed by atoms with Gasteiger partial charge in [0, 0.05) is 35.7 Å². The van der Waals surface area contributed by atoms with Crippen molar-refractivity contribution in [2.24, 2.45) is 0 Å². The second-order valence-corrected chi connectivity index (χ2v) is 7.50. The van der Waals surface area contributed by atoms with Crippen LogP contribution in [0.5, 0.6) is 0 Å². The second-order valence-electron chi connectivity index (χ2n) is 7.50. The van der Waals surface area contributed by atoms with E-state index in [0.29, 0.717) is 12.8 Å². The number of amides is 1. The van der Waals surface area contributed by atoms with Crippen LogP contribution in [0.25, 0.3) is 0 Å². The lowest BCUT2D eigenvalue weighted by Gasteiger charge is -2.38. The Morgan fingerprint density at radius 1 is 1.00 bits per heavy atom. The lowest BCUT2D eigenvalue weighted by Crippen LogP contribution is -2.40. The number of rotatable bonds is 3. The molecule has 1 atom stereocenters. The number of benzene rings is 2. The first-order valence-electron chi connectivity index (χ1n) is 9.83. The van der Waals surface area contributed by atoms with E-state index in [9.17, 15) is 9.59 Å². The molecule has 0 N–H and O–H groups in total. The van der Waals surface area contributed by atoms with Crippen LogP contribution in [-0.4, -0.2) is 11.7 Å². The standard InChI is InChI=1S/C24H25NO2/c1-3-17-11-13-18(14-12-17)25-21-9-6-10-22(26)24(21)20(15-23(25)27)19-8-5-4-7-16(19)2/h4-5,7-8,11-14,20H,3,6,9-10,15H2,1-2H3. The number of anilines is 1. The predicted molar refractivity (Wildman–Crippen MR) is 108 cm³/mol. The first-order chi connectivity index (χ1) is 13.1. The van der Waals surface area contributed by atoms with Gasteiger partial charge >= 0.3 is 0 Å². The van der Waals surface area contributed by atoms with E-state index in [0.717, 1.165) is 47.3 Å². The Balaban J connectivity index is 1.84. The number of hydrogen-bond acceptors (Lipinski definition) is 2. The van der Waals surface area contributed by atoms with Gasteiger partial charge in [-0.15, -0.1) is 0 Å². The van der Waals surface area contributed by atoms with Crippen LogP contribution < -0.4 is 4.90 Å². The van der Waals surface area contributed by atoms with E-state index in [4.69, 9.17) is 0 Å². The van der Waals surface area contributed by atoms with E-state index < -0.39 is 0 Å². The summed E-state index contributed by atoms with van der Waals surface area (Å²) in [5.74, 6) is 0.167. The molecule has 0 saturated carbocycles. The number of Topliss-reactive ketones (excluding diaryl/α,β-unsaturated/α-hetero) is 1. The molecule has 0 radical (unpaired) electrons. The molecule has 27 heavy (non-hydrogen) atoms. The number of hydrogen-bond donors (Lipinski definition) is 0. The van der Waals surface area contributed by atoms with Gasteiger partial charge in [0.15, 0.2) is 5.78 Å². The fourth-order valence-electron chi connectivity index (χ4n) is 4.42. The zero-order chi connectivity index (χ0) is 19.0. The zero-order valence-electron chi connectivity index (χ0n) is 16.0. The van der Waals surface area contributed by atoms with Gasteiger partial charge in [0.2, 0.25) is 5.91 Å². The summed E-state index contributed by atoms with van der Waals surface area (Å²) < 4.78 is 0. The van der Waals surface area contributed by atoms with E-state index in [-0.39, 0.29) is 17.6 Å². The van der Waals surface area contributed by atoms with Gasteiger partial charge in [0.1, 0.15) is 0 Å². The maximum absolute atomic E-state index is 13.2. The highest BCUT2D eigenvalue weighted by atomic mass is 16.2. The Bertz CT molecular complexity index is 924. The molecule has 4 rings (SSSR count). The molecule has 0 fully saturated rings. The van der Waals surface area contributed by atoms with E-state index in [1.54, 1.807) is 4.90 Å². The van der Waals surface area contributed by atoms with E-state index >= 15 is 0 Å². The van der Waals surface area contributed by atoms with E-state index in [1.165, 1.54) is 5.56 Å². The summed E-state index contributed by atoms with van der Waals surface area (Å²) in [7, 11) is 0. The molecular weight excluding hydrogens is 334 g/mol. The van der Waals surface area contributed by atoms with Crippen LogP contribution >= 0.6 is 0 Å². The highest BCUT2D eigenvalue weighted by Crippen LogP contribution is 2.44. The summed E-state index contributed by atoms with van der Waals surface area (Å²) in [6.45, 7) is 4.18. The molecule has 1 heterocycles. The summed E-state index contributed by atoms with van der Waals surface area (Å²) in [4.78, 5) is 27.9. The summed E-state index contributed by atoms with van der Waals surface area (Å²) >= 11 is 0. The maximum Gasteiger partial charge on any atom is 0.232 e. The molecule has 3 heteroatoms. The quantitative estimate of drug-likeness (QED) is 0.766. The van der Waals surface area contributed by atoms with Crippen molar-refractivity contribution < 1.29 is 9.59 Å². The summed E-state index contributed by atoms with van der Waals surface area (Å²) in [5.41, 5.74) is 6.14. The monoisotopic (exact) mass is 359 g/mol. The largest absolute Gasteiger partial charge is 0.294 e. The Morgan fingerprint density at radius 3 is 2.44 bits per heavy atom. The molecule has 0 aromatic heterocycles. The minimum Gasteiger partial charge on any atom is -0.294 e. The molecule has 3 nitrogen and oxygen atoms in total. The third kappa shape index (κ3) is 3.12. The third-order valence-corrected chi connectivity index (χ3v) is 5.84. The molecule has 0 bridgehead atoms. The van der Waals surface area contributed by atoms with Gasteiger partial charge in [-0.05, 0) is 55.0 Å². The van der Waals surface area contributed by atoms with Crippen molar-refractivity contribution in [3.05, 3.63) is 76.5 Å². The van der Waals surface area contributed by atoms with Gasteiger partial charge in [-0.2, -0.15) is 0 Å². The predicted octanol–water partition coefficient (Wildman–Crippen LogP) is 5.09. The maximum atomic E-state index is 13.2. The number of nitrogens with zero attached hydrogens (tertiary/aromatic N) is 1. The van der Waals surface area contributed by atoms with Crippen LogP contribution in [0.1, 0.15) is 55.2 Å². The highest BCUT2D eigenvalue weighted by Gasteiger charge is 2.39. The van der Waals surface area contributed by atoms with Crippen LogP contribution in [-0.2, 0) is 16.0 Å². The minimum atomic E-state index is -0.118. The number of aryl methyl sites for hydroxylation is 2. The first-order valence-corrected chi connectivity index (χ1v) is 9.83. The van der Waals surface area contributed by atoms with Gasteiger partial charge in [-0.1, -0.05) is 43.3 Å². The molecule has 2 aromatic carbocycles. The van der Waals surface area contributed by atoms with Gasteiger partial charge < -0.3 is 0 Å². The fourth-order valence-corrected chi connectivity index (χ4v) is 4.42. The molecule has 1 aliphatic carbocycles. The number of carbonyl (C=O) groups excluding carboxylic acids is 2. The third-order valence-electron chi connectivity index (χ3n) is 5.84. The molecule has 0 saturated heterocycles. The zero-order valence-corrected chi connectivity index (χ0v) is 16.0. The normalized spacial score (nSPS) is 20.1. The molecule has 1 unspecified atom stereocenters. The average molecular weight is 359 g/mol. The van der Waals surface area contributed by atoms with Crippen molar-refractivity contribution in [2.75, 3.05) is 4.90 Å². The van der Waals surface area contributed by atoms with Crippen molar-refractivity contribution in [1.29, 1.82) is 0 Å². The van der Waals surface area contributed by atoms with E-state index in [2.05, 4.69) is 38.1 Å². The minimum absolute atomic E-state index is 0.0842. The van der Waals surface area contributed by atoms with Crippen LogP contribution in [0.3, 0.4) is 0 Å². The van der Waals surface area contributed by atoms with Crippen LogP contribution in [0, 0.1) is 6.92 Å². The molecular formula is C24H25NO2. The summed E-state index contributed by atoms with van der Waals surface area (Å²) in [5, 5.41) is 0.